The van der Waals surface area contributed by atoms with Crippen molar-refractivity contribution in [1.29, 1.82) is 0 Å². The average Bonchev–Trinajstić information content (AvgIpc) is 2.74. The van der Waals surface area contributed by atoms with Crippen molar-refractivity contribution in [2.75, 3.05) is 19.6 Å². The normalized spacial score (nSPS) is 19.4. The maximum Gasteiger partial charge on any atom is 0.106 e. The van der Waals surface area contributed by atoms with E-state index < -0.39 is 0 Å². The highest BCUT2D eigenvalue weighted by Crippen LogP contribution is 2.08. The van der Waals surface area contributed by atoms with Crippen LogP contribution in [0.1, 0.15) is 12.0 Å². The van der Waals surface area contributed by atoms with E-state index in [0.717, 1.165) is 30.2 Å². The first-order chi connectivity index (χ1) is 7.34. The van der Waals surface area contributed by atoms with Crippen LogP contribution < -0.4 is 10.6 Å². The van der Waals surface area contributed by atoms with Crippen molar-refractivity contribution in [3.05, 3.63) is 28.5 Å². The summed E-state index contributed by atoms with van der Waals surface area (Å²) in [5.74, 6) is 0.799. The predicted molar refractivity (Wildman–Crippen MR) is 71.9 cm³/mol. The molecule has 2 N–H and O–H groups in total. The molecular formula is C11H17BrClN3. The third-order valence-electron chi connectivity index (χ3n) is 2.71. The van der Waals surface area contributed by atoms with Crippen LogP contribution in [0.25, 0.3) is 0 Å². The van der Waals surface area contributed by atoms with Crippen molar-refractivity contribution < 1.29 is 0 Å². The summed E-state index contributed by atoms with van der Waals surface area (Å²) in [6.07, 6.45) is 3.20. The van der Waals surface area contributed by atoms with Gasteiger partial charge >= 0.3 is 0 Å². The molecule has 0 spiro atoms. The number of nitrogens with zero attached hydrogens (tertiary/aromatic N) is 1. The summed E-state index contributed by atoms with van der Waals surface area (Å²) >= 11 is 3.33. The molecular weight excluding hydrogens is 289 g/mol. The van der Waals surface area contributed by atoms with Crippen molar-refractivity contribution in [3.8, 4) is 0 Å². The van der Waals surface area contributed by atoms with Gasteiger partial charge in [0.1, 0.15) is 4.60 Å². The van der Waals surface area contributed by atoms with Gasteiger partial charge in [-0.3, -0.25) is 0 Å². The summed E-state index contributed by atoms with van der Waals surface area (Å²) < 4.78 is 0.895. The van der Waals surface area contributed by atoms with Crippen molar-refractivity contribution >= 4 is 28.3 Å². The van der Waals surface area contributed by atoms with Crippen molar-refractivity contribution in [3.63, 3.8) is 0 Å². The molecule has 5 heteroatoms. The summed E-state index contributed by atoms with van der Waals surface area (Å²) in [6, 6.07) is 4.07. The second-order valence-electron chi connectivity index (χ2n) is 3.98. The van der Waals surface area contributed by atoms with Crippen molar-refractivity contribution in [1.82, 2.24) is 15.6 Å². The Balaban J connectivity index is 0.00000128. The molecule has 3 nitrogen and oxygen atoms in total. The molecule has 0 aromatic carbocycles. The Morgan fingerprint density at radius 3 is 3.00 bits per heavy atom. The molecule has 0 aliphatic carbocycles. The summed E-state index contributed by atoms with van der Waals surface area (Å²) in [6.45, 7) is 4.34. The number of hydrogen-bond donors (Lipinski definition) is 2. The number of nitrogens with one attached hydrogen (secondary N) is 2. The summed E-state index contributed by atoms with van der Waals surface area (Å²) in [4.78, 5) is 4.19. The molecule has 90 valence electrons. The molecule has 0 amide bonds. The predicted octanol–water partition coefficient (Wildman–Crippen LogP) is 1.96. The third-order valence-corrected chi connectivity index (χ3v) is 3.18. The fourth-order valence-electron chi connectivity index (χ4n) is 1.82. The average molecular weight is 307 g/mol. The Morgan fingerprint density at radius 1 is 1.50 bits per heavy atom. The molecule has 2 heterocycles. The van der Waals surface area contributed by atoms with E-state index in [0.29, 0.717) is 0 Å². The highest BCUT2D eigenvalue weighted by atomic mass is 79.9. The summed E-state index contributed by atoms with van der Waals surface area (Å²) in [5.41, 5.74) is 1.24. The minimum atomic E-state index is 0. The van der Waals surface area contributed by atoms with Gasteiger partial charge in [0, 0.05) is 12.7 Å². The van der Waals surface area contributed by atoms with E-state index in [4.69, 9.17) is 0 Å². The lowest BCUT2D eigenvalue weighted by atomic mass is 10.1. The largest absolute Gasteiger partial charge is 0.316 e. The van der Waals surface area contributed by atoms with E-state index in [1.165, 1.54) is 18.5 Å². The Hall–Kier alpha value is -0.160. The number of halogens is 2. The zero-order valence-corrected chi connectivity index (χ0v) is 11.5. The van der Waals surface area contributed by atoms with Gasteiger partial charge in [0.05, 0.1) is 0 Å². The van der Waals surface area contributed by atoms with Crippen LogP contribution >= 0.6 is 28.3 Å². The highest BCUT2D eigenvalue weighted by Gasteiger charge is 2.13. The summed E-state index contributed by atoms with van der Waals surface area (Å²) in [5, 5.41) is 6.84. The van der Waals surface area contributed by atoms with Gasteiger partial charge in [-0.1, -0.05) is 6.07 Å². The molecule has 2 rings (SSSR count). The van der Waals surface area contributed by atoms with Crippen LogP contribution in [0.3, 0.4) is 0 Å². The third kappa shape index (κ3) is 4.37. The maximum atomic E-state index is 4.19. The Kier molecular flexibility index (Phi) is 6.28. The first kappa shape index (κ1) is 13.9. The van der Waals surface area contributed by atoms with Gasteiger partial charge in [-0.15, -0.1) is 12.4 Å². The lowest BCUT2D eigenvalue weighted by Gasteiger charge is -2.09. The molecule has 1 aliphatic rings. The molecule has 1 fully saturated rings. The van der Waals surface area contributed by atoms with Crippen LogP contribution in [-0.2, 0) is 6.54 Å². The second kappa shape index (κ2) is 7.22. The summed E-state index contributed by atoms with van der Waals surface area (Å²) in [7, 11) is 0. The van der Waals surface area contributed by atoms with Crippen LogP contribution in [0.4, 0.5) is 0 Å². The van der Waals surface area contributed by atoms with Crippen molar-refractivity contribution in [2.45, 2.75) is 13.0 Å². The molecule has 1 atom stereocenters. The second-order valence-corrected chi connectivity index (χ2v) is 4.79. The SMILES string of the molecule is Brc1ccc(CNCC2CCNC2)cn1.Cl. The van der Waals surface area contributed by atoms with Gasteiger partial charge < -0.3 is 10.6 Å². The Morgan fingerprint density at radius 2 is 2.38 bits per heavy atom. The molecule has 0 bridgehead atoms. The quantitative estimate of drug-likeness (QED) is 0.835. The maximum absolute atomic E-state index is 4.19. The topological polar surface area (TPSA) is 37.0 Å². The van der Waals surface area contributed by atoms with Crippen LogP contribution in [0.2, 0.25) is 0 Å². The van der Waals surface area contributed by atoms with Gasteiger partial charge in [0.25, 0.3) is 0 Å². The lowest BCUT2D eigenvalue weighted by molar-refractivity contribution is 0.512. The number of rotatable bonds is 4. The van der Waals surface area contributed by atoms with E-state index >= 15 is 0 Å². The molecule has 1 saturated heterocycles. The van der Waals surface area contributed by atoms with Gasteiger partial charge in [-0.2, -0.15) is 0 Å². The van der Waals surface area contributed by atoms with Gasteiger partial charge in [-0.05, 0) is 59.5 Å². The smallest absolute Gasteiger partial charge is 0.106 e. The van der Waals surface area contributed by atoms with E-state index in [1.807, 2.05) is 12.3 Å². The minimum absolute atomic E-state index is 0. The molecule has 1 aromatic heterocycles. The standard InChI is InChI=1S/C11H16BrN3.ClH/c12-11-2-1-9(8-15-11)6-14-7-10-3-4-13-5-10;/h1-2,8,10,13-14H,3-7H2;1H. The van der Waals surface area contributed by atoms with Gasteiger partial charge in [-0.25, -0.2) is 4.98 Å². The van der Waals surface area contributed by atoms with E-state index in [-0.39, 0.29) is 12.4 Å². The molecule has 1 aliphatic heterocycles. The van der Waals surface area contributed by atoms with E-state index in [1.54, 1.807) is 0 Å². The van der Waals surface area contributed by atoms with Crippen molar-refractivity contribution in [2.24, 2.45) is 5.92 Å². The van der Waals surface area contributed by atoms with E-state index in [9.17, 15) is 0 Å². The van der Waals surface area contributed by atoms with Gasteiger partial charge in [0.2, 0.25) is 0 Å². The van der Waals surface area contributed by atoms with Crippen LogP contribution in [-0.4, -0.2) is 24.6 Å². The number of hydrogen-bond acceptors (Lipinski definition) is 3. The van der Waals surface area contributed by atoms with Gasteiger partial charge in [0.15, 0.2) is 0 Å². The Bertz CT molecular complexity index is 299. The fourth-order valence-corrected chi connectivity index (χ4v) is 2.05. The Labute approximate surface area is 111 Å². The van der Waals surface area contributed by atoms with Crippen LogP contribution in [0.15, 0.2) is 22.9 Å². The van der Waals surface area contributed by atoms with Crippen LogP contribution in [0.5, 0.6) is 0 Å². The zero-order chi connectivity index (χ0) is 10.5. The minimum Gasteiger partial charge on any atom is -0.316 e. The molecule has 1 aromatic rings. The molecule has 0 saturated carbocycles. The lowest BCUT2D eigenvalue weighted by Crippen LogP contribution is -2.24. The molecule has 0 radical (unpaired) electrons. The zero-order valence-electron chi connectivity index (χ0n) is 9.08. The number of pyridine rings is 1. The molecule has 16 heavy (non-hydrogen) atoms. The van der Waals surface area contributed by atoms with E-state index in [2.05, 4.69) is 37.6 Å². The monoisotopic (exact) mass is 305 g/mol. The fraction of sp³-hybridized carbons (Fsp3) is 0.545. The number of aromatic nitrogens is 1. The van der Waals surface area contributed by atoms with Crippen LogP contribution in [0, 0.1) is 5.92 Å². The highest BCUT2D eigenvalue weighted by molar-refractivity contribution is 9.10. The first-order valence-electron chi connectivity index (χ1n) is 5.36. The molecule has 1 unspecified atom stereocenters. The first-order valence-corrected chi connectivity index (χ1v) is 6.16.